The van der Waals surface area contributed by atoms with Gasteiger partial charge in [0.2, 0.25) is 0 Å². The van der Waals surface area contributed by atoms with Crippen LogP contribution in [-0.2, 0) is 6.61 Å². The number of nitrogens with zero attached hydrogens (tertiary/aromatic N) is 1. The van der Waals surface area contributed by atoms with E-state index in [0.29, 0.717) is 11.5 Å². The molecular weight excluding hydrogens is 234 g/mol. The zero-order chi connectivity index (χ0) is 13.1. The van der Waals surface area contributed by atoms with Gasteiger partial charge >= 0.3 is 5.97 Å². The van der Waals surface area contributed by atoms with Crippen LogP contribution in [0.4, 0.5) is 0 Å². The number of aromatic carboxylic acids is 1. The third-order valence-corrected chi connectivity index (χ3v) is 2.47. The Balaban J connectivity index is 2.08. The van der Waals surface area contributed by atoms with Crippen molar-refractivity contribution in [1.82, 2.24) is 5.16 Å². The fourth-order valence-electron chi connectivity index (χ4n) is 1.58. The molecule has 0 amide bonds. The summed E-state index contributed by atoms with van der Waals surface area (Å²) in [7, 11) is 0. The lowest BCUT2D eigenvalue weighted by Crippen LogP contribution is -2.00. The number of carboxylic acid groups (broad SMARTS) is 1. The second kappa shape index (κ2) is 4.91. The van der Waals surface area contributed by atoms with E-state index in [9.17, 15) is 4.79 Å². The zero-order valence-corrected chi connectivity index (χ0v) is 10.1. The number of aryl methyl sites for hydroxylation is 2. The van der Waals surface area contributed by atoms with E-state index in [4.69, 9.17) is 14.4 Å². The standard InChI is InChI=1S/C13H13NO4/c1-8-5-10(13(15)16)3-4-12(8)17-7-11-6-9(2)14-18-11/h3-6H,7H2,1-2H3,(H,15,16). The number of ether oxygens (including phenoxy) is 1. The Kier molecular flexibility index (Phi) is 3.32. The van der Waals surface area contributed by atoms with Gasteiger partial charge in [0.25, 0.3) is 0 Å². The molecule has 1 N–H and O–H groups in total. The van der Waals surface area contributed by atoms with Crippen LogP contribution in [0.25, 0.3) is 0 Å². The van der Waals surface area contributed by atoms with Gasteiger partial charge < -0.3 is 14.4 Å². The van der Waals surface area contributed by atoms with Crippen LogP contribution in [0.2, 0.25) is 0 Å². The molecule has 0 atom stereocenters. The Bertz CT molecular complexity index is 574. The predicted molar refractivity (Wildman–Crippen MR) is 63.7 cm³/mol. The van der Waals surface area contributed by atoms with Gasteiger partial charge in [-0.2, -0.15) is 0 Å². The minimum atomic E-state index is -0.949. The average molecular weight is 247 g/mol. The van der Waals surface area contributed by atoms with E-state index in [2.05, 4.69) is 5.16 Å². The zero-order valence-electron chi connectivity index (χ0n) is 10.1. The Morgan fingerprint density at radius 3 is 2.72 bits per heavy atom. The highest BCUT2D eigenvalue weighted by Gasteiger charge is 2.07. The highest BCUT2D eigenvalue weighted by Crippen LogP contribution is 2.20. The third kappa shape index (κ3) is 2.68. The van der Waals surface area contributed by atoms with Crippen LogP contribution < -0.4 is 4.74 Å². The van der Waals surface area contributed by atoms with Crippen molar-refractivity contribution >= 4 is 5.97 Å². The highest BCUT2D eigenvalue weighted by molar-refractivity contribution is 5.88. The SMILES string of the molecule is Cc1cc(COc2ccc(C(=O)O)cc2C)on1. The summed E-state index contributed by atoms with van der Waals surface area (Å²) < 4.78 is 10.6. The monoisotopic (exact) mass is 247 g/mol. The molecule has 0 aliphatic carbocycles. The molecule has 2 aromatic rings. The summed E-state index contributed by atoms with van der Waals surface area (Å²) in [6.07, 6.45) is 0. The van der Waals surface area contributed by atoms with Gasteiger partial charge in [0.05, 0.1) is 11.3 Å². The maximum absolute atomic E-state index is 10.8. The second-order valence-corrected chi connectivity index (χ2v) is 4.01. The van der Waals surface area contributed by atoms with Gasteiger partial charge in [-0.05, 0) is 37.6 Å². The minimum absolute atomic E-state index is 0.246. The molecule has 0 spiro atoms. The summed E-state index contributed by atoms with van der Waals surface area (Å²) in [6, 6.07) is 6.52. The Morgan fingerprint density at radius 1 is 1.39 bits per heavy atom. The molecule has 94 valence electrons. The van der Waals surface area contributed by atoms with Crippen molar-refractivity contribution in [2.75, 3.05) is 0 Å². The van der Waals surface area contributed by atoms with Gasteiger partial charge in [-0.15, -0.1) is 0 Å². The second-order valence-electron chi connectivity index (χ2n) is 4.01. The van der Waals surface area contributed by atoms with Gasteiger partial charge in [-0.3, -0.25) is 0 Å². The normalized spacial score (nSPS) is 10.3. The Morgan fingerprint density at radius 2 is 2.17 bits per heavy atom. The highest BCUT2D eigenvalue weighted by atomic mass is 16.5. The van der Waals surface area contributed by atoms with Gasteiger partial charge in [0, 0.05) is 6.07 Å². The van der Waals surface area contributed by atoms with Crippen molar-refractivity contribution in [3.63, 3.8) is 0 Å². The molecule has 0 bridgehead atoms. The molecule has 5 heteroatoms. The van der Waals surface area contributed by atoms with Crippen molar-refractivity contribution in [2.24, 2.45) is 0 Å². The Hall–Kier alpha value is -2.30. The summed E-state index contributed by atoms with van der Waals surface area (Å²) in [6.45, 7) is 3.90. The lowest BCUT2D eigenvalue weighted by Gasteiger charge is -2.07. The first-order valence-corrected chi connectivity index (χ1v) is 5.45. The maximum atomic E-state index is 10.8. The van der Waals surface area contributed by atoms with Crippen LogP contribution >= 0.6 is 0 Å². The Labute approximate surface area is 104 Å². The van der Waals surface area contributed by atoms with Crippen LogP contribution in [0.15, 0.2) is 28.8 Å². The number of aromatic nitrogens is 1. The first-order valence-electron chi connectivity index (χ1n) is 5.45. The van der Waals surface area contributed by atoms with Crippen molar-refractivity contribution in [3.8, 4) is 5.75 Å². The molecule has 0 aliphatic heterocycles. The van der Waals surface area contributed by atoms with E-state index < -0.39 is 5.97 Å². The molecule has 0 aliphatic rings. The fourth-order valence-corrected chi connectivity index (χ4v) is 1.58. The molecule has 0 fully saturated rings. The van der Waals surface area contributed by atoms with Crippen LogP contribution in [0, 0.1) is 13.8 Å². The molecule has 1 aromatic heterocycles. The predicted octanol–water partition coefficient (Wildman–Crippen LogP) is 2.57. The molecule has 5 nitrogen and oxygen atoms in total. The summed E-state index contributed by atoms with van der Waals surface area (Å²) in [5.41, 5.74) is 1.81. The number of hydrogen-bond donors (Lipinski definition) is 1. The molecule has 18 heavy (non-hydrogen) atoms. The van der Waals surface area contributed by atoms with Crippen molar-refractivity contribution in [2.45, 2.75) is 20.5 Å². The summed E-state index contributed by atoms with van der Waals surface area (Å²) in [5, 5.41) is 12.6. The van der Waals surface area contributed by atoms with Crippen LogP contribution in [0.1, 0.15) is 27.4 Å². The van der Waals surface area contributed by atoms with Gasteiger partial charge in [0.15, 0.2) is 5.76 Å². The van der Waals surface area contributed by atoms with E-state index in [0.717, 1.165) is 11.3 Å². The lowest BCUT2D eigenvalue weighted by atomic mass is 10.1. The first-order chi connectivity index (χ1) is 8.56. The van der Waals surface area contributed by atoms with Gasteiger partial charge in [-0.25, -0.2) is 4.79 Å². The quantitative estimate of drug-likeness (QED) is 0.898. The molecule has 0 unspecified atom stereocenters. The molecule has 1 heterocycles. The van der Waals surface area contributed by atoms with E-state index in [-0.39, 0.29) is 12.2 Å². The topological polar surface area (TPSA) is 72.6 Å². The van der Waals surface area contributed by atoms with E-state index >= 15 is 0 Å². The lowest BCUT2D eigenvalue weighted by molar-refractivity contribution is 0.0696. The maximum Gasteiger partial charge on any atom is 0.335 e. The summed E-state index contributed by atoms with van der Waals surface area (Å²) in [4.78, 5) is 10.8. The third-order valence-electron chi connectivity index (χ3n) is 2.47. The van der Waals surface area contributed by atoms with Crippen molar-refractivity contribution < 1.29 is 19.2 Å². The summed E-state index contributed by atoms with van der Waals surface area (Å²) >= 11 is 0. The minimum Gasteiger partial charge on any atom is -0.485 e. The number of rotatable bonds is 4. The van der Waals surface area contributed by atoms with Crippen molar-refractivity contribution in [3.05, 3.63) is 46.8 Å². The van der Waals surface area contributed by atoms with E-state index in [1.54, 1.807) is 25.1 Å². The number of carboxylic acids is 1. The van der Waals surface area contributed by atoms with Gasteiger partial charge in [-0.1, -0.05) is 5.16 Å². The van der Waals surface area contributed by atoms with E-state index in [1.165, 1.54) is 6.07 Å². The fraction of sp³-hybridized carbons (Fsp3) is 0.231. The molecule has 1 aromatic carbocycles. The van der Waals surface area contributed by atoms with Crippen molar-refractivity contribution in [1.29, 1.82) is 0 Å². The number of carbonyl (C=O) groups is 1. The number of hydrogen-bond acceptors (Lipinski definition) is 4. The van der Waals surface area contributed by atoms with Gasteiger partial charge in [0.1, 0.15) is 12.4 Å². The average Bonchev–Trinajstić information content (AvgIpc) is 2.73. The summed E-state index contributed by atoms with van der Waals surface area (Å²) in [5.74, 6) is 0.318. The van der Waals surface area contributed by atoms with Crippen LogP contribution in [-0.4, -0.2) is 16.2 Å². The molecule has 2 rings (SSSR count). The molecule has 0 saturated heterocycles. The number of benzene rings is 1. The first kappa shape index (κ1) is 12.2. The smallest absolute Gasteiger partial charge is 0.335 e. The molecule has 0 radical (unpaired) electrons. The van der Waals surface area contributed by atoms with Crippen LogP contribution in [0.5, 0.6) is 5.75 Å². The van der Waals surface area contributed by atoms with Crippen LogP contribution in [0.3, 0.4) is 0 Å². The van der Waals surface area contributed by atoms with E-state index in [1.807, 2.05) is 6.92 Å². The largest absolute Gasteiger partial charge is 0.485 e. The molecular formula is C13H13NO4. The molecule has 0 saturated carbocycles.